The van der Waals surface area contributed by atoms with Crippen molar-refractivity contribution in [3.8, 4) is 12.0 Å². The number of nitrogen functional groups attached to an aromatic ring is 1. The zero-order valence-corrected chi connectivity index (χ0v) is 21.5. The van der Waals surface area contributed by atoms with Gasteiger partial charge in [-0.3, -0.25) is 14.5 Å². The summed E-state index contributed by atoms with van der Waals surface area (Å²) in [6, 6.07) is 4.63. The first-order valence-corrected chi connectivity index (χ1v) is 12.2. The topological polar surface area (TPSA) is 113 Å². The maximum Gasteiger partial charge on any atom is 0.320 e. The fraction of sp³-hybridized carbons (Fsp3) is 0.462. The van der Waals surface area contributed by atoms with E-state index in [0.717, 1.165) is 23.4 Å². The van der Waals surface area contributed by atoms with Crippen LogP contribution in [0.3, 0.4) is 0 Å². The highest BCUT2D eigenvalue weighted by molar-refractivity contribution is 5.83. The smallest absolute Gasteiger partial charge is 0.320 e. The number of likely N-dealkylation sites (tertiary alicyclic amines) is 1. The Labute approximate surface area is 211 Å². The van der Waals surface area contributed by atoms with Crippen molar-refractivity contribution in [1.29, 1.82) is 0 Å². The normalized spacial score (nSPS) is 15.1. The minimum atomic E-state index is 0.170. The van der Waals surface area contributed by atoms with Crippen LogP contribution in [0.4, 0.5) is 5.82 Å². The zero-order chi connectivity index (χ0) is 25.5. The number of fused-ring (bicyclic) bond motifs is 1. The third kappa shape index (κ3) is 6.19. The van der Waals surface area contributed by atoms with Crippen molar-refractivity contribution < 1.29 is 14.2 Å². The molecule has 1 aliphatic heterocycles. The number of hydrogen-bond acceptors (Lipinski definition) is 9. The SMILES string of the molecule is COCCOc1nc(N)c2nc(OC)n(Cc3ccc(C(C)=CC=C(C)CN4CCCC4)nc3)c2n1. The largest absolute Gasteiger partial charge is 0.468 e. The van der Waals surface area contributed by atoms with E-state index < -0.39 is 0 Å². The minimum Gasteiger partial charge on any atom is -0.468 e. The number of nitrogens with two attached hydrogens (primary N) is 1. The van der Waals surface area contributed by atoms with Crippen LogP contribution in [0.2, 0.25) is 0 Å². The van der Waals surface area contributed by atoms with Crippen LogP contribution >= 0.6 is 0 Å². The molecule has 10 heteroatoms. The number of allylic oxidation sites excluding steroid dienone is 3. The molecule has 4 heterocycles. The van der Waals surface area contributed by atoms with E-state index in [2.05, 4.69) is 50.8 Å². The average Bonchev–Trinajstić information content (AvgIpc) is 3.51. The quantitative estimate of drug-likeness (QED) is 0.317. The summed E-state index contributed by atoms with van der Waals surface area (Å²) < 4.78 is 17.9. The van der Waals surface area contributed by atoms with Crippen molar-refractivity contribution in [3.05, 3.63) is 47.3 Å². The first-order valence-electron chi connectivity index (χ1n) is 12.2. The molecule has 0 atom stereocenters. The first kappa shape index (κ1) is 25.6. The highest BCUT2D eigenvalue weighted by Gasteiger charge is 2.18. The maximum atomic E-state index is 6.12. The summed E-state index contributed by atoms with van der Waals surface area (Å²) in [6.45, 7) is 8.90. The third-order valence-corrected chi connectivity index (χ3v) is 6.13. The molecule has 192 valence electrons. The van der Waals surface area contributed by atoms with Crippen LogP contribution in [-0.2, 0) is 11.3 Å². The van der Waals surface area contributed by atoms with Crippen LogP contribution in [0.1, 0.15) is 37.9 Å². The number of ether oxygens (including phenoxy) is 3. The molecule has 36 heavy (non-hydrogen) atoms. The molecule has 1 aliphatic rings. The number of pyridine rings is 1. The predicted molar refractivity (Wildman–Crippen MR) is 140 cm³/mol. The van der Waals surface area contributed by atoms with Crippen LogP contribution in [0.5, 0.6) is 12.0 Å². The Bertz CT molecular complexity index is 1230. The van der Waals surface area contributed by atoms with Crippen LogP contribution in [-0.4, -0.2) is 76.5 Å². The number of methoxy groups -OCH3 is 2. The molecule has 1 fully saturated rings. The Kier molecular flexibility index (Phi) is 8.50. The minimum absolute atomic E-state index is 0.170. The van der Waals surface area contributed by atoms with Gasteiger partial charge in [-0.1, -0.05) is 23.8 Å². The maximum absolute atomic E-state index is 6.12. The van der Waals surface area contributed by atoms with E-state index in [1.54, 1.807) is 14.2 Å². The van der Waals surface area contributed by atoms with E-state index in [1.807, 2.05) is 22.9 Å². The van der Waals surface area contributed by atoms with E-state index in [1.165, 1.54) is 31.5 Å². The van der Waals surface area contributed by atoms with Crippen LogP contribution in [0.15, 0.2) is 36.1 Å². The standard InChI is InChI=1S/C26H35N7O3/c1-18(16-32-11-5-6-12-32)7-8-19(2)21-10-9-20(15-28-21)17-33-24-22(29-26(33)35-4)23(27)30-25(31-24)36-14-13-34-3/h7-10,15H,5-6,11-14,16-17H2,1-4H3,(H2,27,30,31). The van der Waals surface area contributed by atoms with Gasteiger partial charge < -0.3 is 19.9 Å². The van der Waals surface area contributed by atoms with Crippen molar-refractivity contribution >= 4 is 22.6 Å². The molecular weight excluding hydrogens is 458 g/mol. The lowest BCUT2D eigenvalue weighted by Crippen LogP contribution is -2.20. The second-order valence-corrected chi connectivity index (χ2v) is 8.99. The number of imidazole rings is 1. The summed E-state index contributed by atoms with van der Waals surface area (Å²) in [5.74, 6) is 0.229. The van der Waals surface area contributed by atoms with Gasteiger partial charge in [-0.25, -0.2) is 0 Å². The highest BCUT2D eigenvalue weighted by atomic mass is 16.5. The Morgan fingerprint density at radius 2 is 1.86 bits per heavy atom. The summed E-state index contributed by atoms with van der Waals surface area (Å²) in [6.07, 6.45) is 8.82. The monoisotopic (exact) mass is 493 g/mol. The Hall–Kier alpha value is -3.50. The molecule has 4 rings (SSSR count). The summed E-state index contributed by atoms with van der Waals surface area (Å²) in [7, 11) is 3.16. The molecule has 0 aromatic carbocycles. The molecule has 0 bridgehead atoms. The van der Waals surface area contributed by atoms with Crippen molar-refractivity contribution in [2.45, 2.75) is 33.2 Å². The van der Waals surface area contributed by atoms with Gasteiger partial charge >= 0.3 is 6.01 Å². The first-order chi connectivity index (χ1) is 17.5. The molecule has 0 amide bonds. The molecule has 0 radical (unpaired) electrons. The van der Waals surface area contributed by atoms with Gasteiger partial charge in [-0.05, 0) is 57.0 Å². The van der Waals surface area contributed by atoms with Crippen LogP contribution < -0.4 is 15.2 Å². The van der Waals surface area contributed by atoms with Crippen LogP contribution in [0.25, 0.3) is 16.7 Å². The van der Waals surface area contributed by atoms with Crippen molar-refractivity contribution in [2.24, 2.45) is 0 Å². The van der Waals surface area contributed by atoms with Gasteiger partial charge in [-0.15, -0.1) is 0 Å². The second-order valence-electron chi connectivity index (χ2n) is 8.99. The van der Waals surface area contributed by atoms with Gasteiger partial charge in [0.25, 0.3) is 6.01 Å². The van der Waals surface area contributed by atoms with E-state index in [0.29, 0.717) is 36.9 Å². The average molecular weight is 494 g/mol. The summed E-state index contributed by atoms with van der Waals surface area (Å²) in [5.41, 5.74) is 11.5. The van der Waals surface area contributed by atoms with Gasteiger partial charge in [0.15, 0.2) is 17.0 Å². The van der Waals surface area contributed by atoms with Crippen molar-refractivity contribution in [1.82, 2.24) is 29.4 Å². The van der Waals surface area contributed by atoms with Gasteiger partial charge in [-0.2, -0.15) is 15.0 Å². The fourth-order valence-electron chi connectivity index (χ4n) is 4.19. The number of hydrogen-bond donors (Lipinski definition) is 1. The fourth-order valence-corrected chi connectivity index (χ4v) is 4.19. The van der Waals surface area contributed by atoms with Gasteiger partial charge in [0.05, 0.1) is 26.0 Å². The predicted octanol–water partition coefficient (Wildman–Crippen LogP) is 3.33. The molecule has 0 spiro atoms. The van der Waals surface area contributed by atoms with Gasteiger partial charge in [0.2, 0.25) is 0 Å². The molecule has 3 aromatic heterocycles. The van der Waals surface area contributed by atoms with E-state index in [9.17, 15) is 0 Å². The molecule has 0 aliphatic carbocycles. The number of nitrogens with zero attached hydrogens (tertiary/aromatic N) is 6. The number of aromatic nitrogens is 5. The Morgan fingerprint density at radius 3 is 2.56 bits per heavy atom. The second kappa shape index (κ2) is 12.0. The zero-order valence-electron chi connectivity index (χ0n) is 21.5. The Balaban J connectivity index is 1.50. The van der Waals surface area contributed by atoms with Crippen molar-refractivity contribution in [3.63, 3.8) is 0 Å². The lowest BCUT2D eigenvalue weighted by molar-refractivity contribution is 0.141. The molecule has 2 N–H and O–H groups in total. The van der Waals surface area contributed by atoms with Gasteiger partial charge in [0.1, 0.15) is 6.61 Å². The lowest BCUT2D eigenvalue weighted by atomic mass is 10.1. The molecule has 1 saturated heterocycles. The summed E-state index contributed by atoms with van der Waals surface area (Å²) in [5, 5.41) is 0. The number of anilines is 1. The Morgan fingerprint density at radius 1 is 1.06 bits per heavy atom. The van der Waals surface area contributed by atoms with Gasteiger partial charge in [0, 0.05) is 19.9 Å². The molecule has 10 nitrogen and oxygen atoms in total. The summed E-state index contributed by atoms with van der Waals surface area (Å²) >= 11 is 0. The molecular formula is C26H35N7O3. The van der Waals surface area contributed by atoms with E-state index in [-0.39, 0.29) is 11.8 Å². The number of rotatable bonds is 11. The molecule has 0 saturated carbocycles. The molecule has 3 aromatic rings. The van der Waals surface area contributed by atoms with E-state index >= 15 is 0 Å². The molecule has 0 unspecified atom stereocenters. The third-order valence-electron chi connectivity index (χ3n) is 6.13. The van der Waals surface area contributed by atoms with Crippen molar-refractivity contribution in [2.75, 3.05) is 52.8 Å². The van der Waals surface area contributed by atoms with Crippen LogP contribution in [0, 0.1) is 0 Å². The highest BCUT2D eigenvalue weighted by Crippen LogP contribution is 2.26. The van der Waals surface area contributed by atoms with E-state index in [4.69, 9.17) is 19.9 Å². The summed E-state index contributed by atoms with van der Waals surface area (Å²) in [4.78, 5) is 20.3. The lowest BCUT2D eigenvalue weighted by Gasteiger charge is -2.14.